The van der Waals surface area contributed by atoms with Gasteiger partial charge in [-0.05, 0) is 12.1 Å². The minimum Gasteiger partial charge on any atom is -0.379 e. The maximum absolute atomic E-state index is 5.40. The number of hydrogen-bond donors (Lipinski definition) is 2. The number of rotatable bonds is 6. The Morgan fingerprint density at radius 1 is 0.929 bits per heavy atom. The van der Waals surface area contributed by atoms with Crippen LogP contribution in [0.4, 0.5) is 5.69 Å². The van der Waals surface area contributed by atoms with Crippen molar-refractivity contribution in [2.45, 2.75) is 0 Å². The quantitative estimate of drug-likeness (QED) is 0.758. The largest absolute Gasteiger partial charge is 0.379 e. The first-order chi connectivity index (χ1) is 13.9. The molecule has 0 bridgehead atoms. The molecule has 1 saturated heterocycles. The molecule has 28 heavy (non-hydrogen) atoms. The third-order valence-electron chi connectivity index (χ3n) is 4.64. The van der Waals surface area contributed by atoms with E-state index in [2.05, 4.69) is 30.9 Å². The van der Waals surface area contributed by atoms with Crippen LogP contribution < -0.4 is 10.7 Å². The molecule has 7 nitrogen and oxygen atoms in total. The lowest BCUT2D eigenvalue weighted by Gasteiger charge is -2.26. The van der Waals surface area contributed by atoms with E-state index in [1.54, 1.807) is 0 Å². The number of ether oxygens (including phenoxy) is 1. The lowest BCUT2D eigenvalue weighted by atomic mass is 10.1. The van der Waals surface area contributed by atoms with E-state index in [0.717, 1.165) is 62.1 Å². The van der Waals surface area contributed by atoms with E-state index >= 15 is 0 Å². The number of para-hydroxylation sites is 1. The van der Waals surface area contributed by atoms with E-state index in [-0.39, 0.29) is 0 Å². The van der Waals surface area contributed by atoms with Crippen LogP contribution in [0.3, 0.4) is 0 Å². The second kappa shape index (κ2) is 9.25. The van der Waals surface area contributed by atoms with Gasteiger partial charge in [0.05, 0.1) is 18.9 Å². The van der Waals surface area contributed by atoms with Gasteiger partial charge in [-0.25, -0.2) is 0 Å². The minimum absolute atomic E-state index is 0.690. The first-order valence-electron chi connectivity index (χ1n) is 9.55. The summed E-state index contributed by atoms with van der Waals surface area (Å²) in [6.07, 6.45) is 0. The van der Waals surface area contributed by atoms with Gasteiger partial charge in [0.25, 0.3) is 0 Å². The lowest BCUT2D eigenvalue weighted by molar-refractivity contribution is 0.0389. The van der Waals surface area contributed by atoms with E-state index in [1.807, 2.05) is 60.7 Å². The van der Waals surface area contributed by atoms with Crippen molar-refractivity contribution in [1.82, 2.24) is 10.2 Å². The first-order valence-corrected chi connectivity index (χ1v) is 9.55. The third kappa shape index (κ3) is 4.62. The molecule has 0 amide bonds. The Balaban J connectivity index is 1.45. The zero-order chi connectivity index (χ0) is 19.0. The van der Waals surface area contributed by atoms with E-state index in [0.29, 0.717) is 5.84 Å². The normalized spacial score (nSPS) is 18.6. The standard InChI is InChI=1S/C21H24N6O/c1-3-7-17(8-4-1)19-20(25-23-18-9-5-2-6-10-18)21(26-24-19)22-11-12-27-13-15-28-16-14-27/h1-10,23H,11-16H2,(H,22,25,26). The molecule has 0 radical (unpaired) electrons. The predicted molar refractivity (Wildman–Crippen MR) is 113 cm³/mol. The van der Waals surface area contributed by atoms with Crippen LogP contribution in [0.5, 0.6) is 0 Å². The van der Waals surface area contributed by atoms with Crippen LogP contribution in [0.2, 0.25) is 0 Å². The number of anilines is 1. The van der Waals surface area contributed by atoms with Crippen LogP contribution >= 0.6 is 0 Å². The average Bonchev–Trinajstić information content (AvgIpc) is 3.17. The molecule has 0 atom stereocenters. The Labute approximate surface area is 164 Å². The molecule has 2 aromatic rings. The summed E-state index contributed by atoms with van der Waals surface area (Å²) in [7, 11) is 0. The summed E-state index contributed by atoms with van der Waals surface area (Å²) in [4.78, 5) is 2.38. The van der Waals surface area contributed by atoms with Crippen LogP contribution in [-0.2, 0) is 4.74 Å². The van der Waals surface area contributed by atoms with Gasteiger partial charge >= 0.3 is 0 Å². The fourth-order valence-electron chi connectivity index (χ4n) is 3.11. The number of hydrogen-bond acceptors (Lipinski definition) is 7. The van der Waals surface area contributed by atoms with Gasteiger partial charge < -0.3 is 10.1 Å². The Hall–Kier alpha value is -3.03. The van der Waals surface area contributed by atoms with Crippen LogP contribution in [-0.4, -0.2) is 61.6 Å². The summed E-state index contributed by atoms with van der Waals surface area (Å²) in [6, 6.07) is 19.9. The molecule has 1 fully saturated rings. The van der Waals surface area contributed by atoms with Crippen molar-refractivity contribution >= 4 is 22.9 Å². The average molecular weight is 376 g/mol. The highest BCUT2D eigenvalue weighted by atomic mass is 16.5. The molecular weight excluding hydrogens is 352 g/mol. The Morgan fingerprint density at radius 3 is 2.39 bits per heavy atom. The molecule has 0 aliphatic carbocycles. The van der Waals surface area contributed by atoms with E-state index < -0.39 is 0 Å². The van der Waals surface area contributed by atoms with Gasteiger partial charge in [0.2, 0.25) is 0 Å². The molecule has 2 aromatic carbocycles. The predicted octanol–water partition coefficient (Wildman–Crippen LogP) is 2.19. The maximum Gasteiger partial charge on any atom is 0.178 e. The second-order valence-corrected chi connectivity index (χ2v) is 6.58. The number of benzene rings is 2. The summed E-state index contributed by atoms with van der Waals surface area (Å²) in [6.45, 7) is 5.25. The maximum atomic E-state index is 5.40. The number of amidine groups is 1. The number of hydrazone groups is 1. The van der Waals surface area contributed by atoms with Crippen LogP contribution in [0.25, 0.3) is 0 Å². The molecular formula is C21H24N6O. The van der Waals surface area contributed by atoms with Gasteiger partial charge in [-0.1, -0.05) is 48.5 Å². The van der Waals surface area contributed by atoms with E-state index in [1.165, 1.54) is 0 Å². The van der Waals surface area contributed by atoms with Crippen LogP contribution in [0, 0.1) is 0 Å². The third-order valence-corrected chi connectivity index (χ3v) is 4.64. The molecule has 0 aromatic heterocycles. The van der Waals surface area contributed by atoms with Gasteiger partial charge in [-0.3, -0.25) is 10.3 Å². The molecule has 4 rings (SSSR count). The lowest BCUT2D eigenvalue weighted by Crippen LogP contribution is -2.43. The zero-order valence-corrected chi connectivity index (χ0v) is 15.7. The molecule has 2 aliphatic heterocycles. The Kier molecular flexibility index (Phi) is 6.06. The van der Waals surface area contributed by atoms with Gasteiger partial charge in [0.15, 0.2) is 11.5 Å². The molecule has 2 heterocycles. The van der Waals surface area contributed by atoms with Crippen molar-refractivity contribution < 1.29 is 4.74 Å². The fourth-order valence-corrected chi connectivity index (χ4v) is 3.11. The highest BCUT2D eigenvalue weighted by molar-refractivity contribution is 6.72. The highest BCUT2D eigenvalue weighted by Gasteiger charge is 2.24. The summed E-state index contributed by atoms with van der Waals surface area (Å²) in [5.41, 5.74) is 6.51. The Morgan fingerprint density at radius 2 is 1.64 bits per heavy atom. The van der Waals surface area contributed by atoms with Gasteiger partial charge in [0, 0.05) is 31.7 Å². The monoisotopic (exact) mass is 376 g/mol. The number of nitrogens with zero attached hydrogens (tertiary/aromatic N) is 4. The summed E-state index contributed by atoms with van der Waals surface area (Å²) in [5, 5.41) is 16.7. The molecule has 2 N–H and O–H groups in total. The second-order valence-electron chi connectivity index (χ2n) is 6.58. The number of morpholine rings is 1. The summed E-state index contributed by atoms with van der Waals surface area (Å²) < 4.78 is 5.40. The first kappa shape index (κ1) is 18.3. The van der Waals surface area contributed by atoms with Gasteiger partial charge in [0.1, 0.15) is 5.71 Å². The van der Waals surface area contributed by atoms with Gasteiger partial charge in [-0.15, -0.1) is 10.2 Å². The molecule has 7 heteroatoms. The van der Waals surface area contributed by atoms with Crippen molar-refractivity contribution in [3.63, 3.8) is 0 Å². The van der Waals surface area contributed by atoms with Crippen LogP contribution in [0.15, 0.2) is 76.0 Å². The molecule has 144 valence electrons. The smallest absolute Gasteiger partial charge is 0.178 e. The van der Waals surface area contributed by atoms with E-state index in [9.17, 15) is 0 Å². The topological polar surface area (TPSA) is 73.6 Å². The fraction of sp³-hybridized carbons (Fsp3) is 0.286. The summed E-state index contributed by atoms with van der Waals surface area (Å²) >= 11 is 0. The van der Waals surface area contributed by atoms with Crippen molar-refractivity contribution in [3.8, 4) is 0 Å². The van der Waals surface area contributed by atoms with Gasteiger partial charge in [-0.2, -0.15) is 5.10 Å². The highest BCUT2D eigenvalue weighted by Crippen LogP contribution is 2.11. The van der Waals surface area contributed by atoms with Crippen molar-refractivity contribution in [3.05, 3.63) is 66.2 Å². The van der Waals surface area contributed by atoms with E-state index in [4.69, 9.17) is 4.74 Å². The SMILES string of the molecule is c1ccc(N/N=C2/C(NCCN3CCOCC3)=NN=C2c2ccccc2)cc1. The van der Waals surface area contributed by atoms with Crippen LogP contribution in [0.1, 0.15) is 5.56 Å². The Bertz CT molecular complexity index is 857. The zero-order valence-electron chi connectivity index (χ0n) is 15.7. The van der Waals surface area contributed by atoms with Crippen molar-refractivity contribution in [2.24, 2.45) is 15.3 Å². The molecule has 0 saturated carbocycles. The summed E-state index contributed by atoms with van der Waals surface area (Å²) in [5.74, 6) is 0.690. The molecule has 0 unspecified atom stereocenters. The number of nitrogens with one attached hydrogen (secondary N) is 2. The molecule has 0 spiro atoms. The van der Waals surface area contributed by atoms with Crippen molar-refractivity contribution in [1.29, 1.82) is 0 Å². The minimum atomic E-state index is 0.690. The molecule has 2 aliphatic rings. The van der Waals surface area contributed by atoms with Crippen molar-refractivity contribution in [2.75, 3.05) is 44.8 Å².